The molecule has 0 fully saturated rings. The maximum absolute atomic E-state index is 13.2. The fourth-order valence-electron chi connectivity index (χ4n) is 1.24. The fraction of sp³-hybridized carbons (Fsp3) is 1.00. The summed E-state index contributed by atoms with van der Waals surface area (Å²) < 4.78 is 136. The van der Waals surface area contributed by atoms with Crippen LogP contribution in [0, 0.1) is 5.21 Å². The van der Waals surface area contributed by atoms with Crippen LogP contribution in [0.15, 0.2) is 0 Å². The monoisotopic (exact) mass is 438 g/mol. The molecular formula is C9H12F9KN2O3S. The molecule has 5 nitrogen and oxygen atoms in total. The standard InChI is InChI=1S/C9H12F9N2O3S.K/c1-20(2,21)5-3-4-19-24(22,23)9(17,18)7(12,13)6(10,11)8(14,15)16;/h3-5H2,1-2H3;/q-1;+1. The maximum atomic E-state index is 13.2. The first-order valence-electron chi connectivity index (χ1n) is 5.88. The van der Waals surface area contributed by atoms with Gasteiger partial charge in [-0.15, -0.1) is 6.54 Å². The Labute approximate surface area is 179 Å². The fourth-order valence-corrected chi connectivity index (χ4v) is 2.22. The van der Waals surface area contributed by atoms with Gasteiger partial charge in [0.2, 0.25) is 0 Å². The van der Waals surface area contributed by atoms with Gasteiger partial charge >= 0.3 is 74.7 Å². The van der Waals surface area contributed by atoms with Gasteiger partial charge in [0.15, 0.2) is 0 Å². The van der Waals surface area contributed by atoms with Crippen LogP contribution in [0.4, 0.5) is 39.5 Å². The molecule has 0 aliphatic heterocycles. The Hall–Kier alpha value is 0.836. The van der Waals surface area contributed by atoms with E-state index < -0.39 is 57.5 Å². The predicted molar refractivity (Wildman–Crippen MR) is 63.0 cm³/mol. The molecule has 0 atom stereocenters. The van der Waals surface area contributed by atoms with Crippen molar-refractivity contribution < 1.29 is 104 Å². The topological polar surface area (TPSA) is 71.3 Å². The second-order valence-electron chi connectivity index (χ2n) is 5.14. The van der Waals surface area contributed by atoms with E-state index >= 15 is 0 Å². The van der Waals surface area contributed by atoms with Gasteiger partial charge < -0.3 is 14.6 Å². The van der Waals surface area contributed by atoms with Crippen molar-refractivity contribution in [3.8, 4) is 0 Å². The molecule has 0 saturated carbocycles. The molecule has 0 aliphatic carbocycles. The molecule has 0 heterocycles. The van der Waals surface area contributed by atoms with Gasteiger partial charge in [-0.25, -0.2) is 8.42 Å². The number of nitrogens with zero attached hydrogens (tertiary/aromatic N) is 2. The van der Waals surface area contributed by atoms with Gasteiger partial charge in [0.05, 0.1) is 20.6 Å². The maximum Gasteiger partial charge on any atom is 1.00 e. The third-order valence-electron chi connectivity index (χ3n) is 2.56. The Kier molecular flexibility index (Phi) is 9.49. The average molecular weight is 438 g/mol. The first-order chi connectivity index (χ1) is 10.2. The van der Waals surface area contributed by atoms with Crippen LogP contribution in [0.1, 0.15) is 6.42 Å². The van der Waals surface area contributed by atoms with E-state index in [2.05, 4.69) is 4.72 Å². The van der Waals surface area contributed by atoms with Crippen LogP contribution in [-0.2, 0) is 10.0 Å². The van der Waals surface area contributed by atoms with Crippen molar-refractivity contribution in [1.29, 1.82) is 0 Å². The van der Waals surface area contributed by atoms with Crippen LogP contribution in [0.25, 0.3) is 4.72 Å². The number of rotatable bonds is 8. The molecule has 0 aromatic rings. The third-order valence-corrected chi connectivity index (χ3v) is 3.98. The van der Waals surface area contributed by atoms with Crippen molar-refractivity contribution in [3.63, 3.8) is 0 Å². The SMILES string of the molecule is C[N+](C)([O-])CCC[N-]S(=O)(=O)C(F)(F)C(F)(F)C(F)(F)C(F)(F)F.[K+]. The zero-order valence-corrected chi connectivity index (χ0v) is 17.0. The molecule has 0 N–H and O–H groups in total. The van der Waals surface area contributed by atoms with E-state index in [9.17, 15) is 53.1 Å². The van der Waals surface area contributed by atoms with E-state index in [-0.39, 0.29) is 51.4 Å². The molecule has 0 bridgehead atoms. The smallest absolute Gasteiger partial charge is 0.633 e. The number of sulfonamides is 1. The van der Waals surface area contributed by atoms with Crippen LogP contribution in [0.2, 0.25) is 0 Å². The second-order valence-corrected chi connectivity index (χ2v) is 6.86. The zero-order chi connectivity index (χ0) is 19.8. The third kappa shape index (κ3) is 6.16. The Bertz CT molecular complexity index is 546. The molecule has 146 valence electrons. The molecule has 0 unspecified atom stereocenters. The van der Waals surface area contributed by atoms with E-state index in [1.807, 2.05) is 0 Å². The Morgan fingerprint density at radius 3 is 1.64 bits per heavy atom. The zero-order valence-electron chi connectivity index (χ0n) is 13.1. The van der Waals surface area contributed by atoms with Gasteiger partial charge in [-0.3, -0.25) is 0 Å². The summed E-state index contributed by atoms with van der Waals surface area (Å²) in [6, 6.07) is 0. The van der Waals surface area contributed by atoms with Crippen LogP contribution in [0.3, 0.4) is 0 Å². The Morgan fingerprint density at radius 2 is 1.32 bits per heavy atom. The molecule has 0 aromatic heterocycles. The quantitative estimate of drug-likeness (QED) is 0.177. The number of quaternary nitrogens is 1. The van der Waals surface area contributed by atoms with Crippen LogP contribution in [0.5, 0.6) is 0 Å². The number of hydrogen-bond acceptors (Lipinski definition) is 3. The molecule has 0 radical (unpaired) electrons. The minimum Gasteiger partial charge on any atom is -0.633 e. The molecule has 0 aliphatic rings. The van der Waals surface area contributed by atoms with E-state index in [1.165, 1.54) is 0 Å². The van der Waals surface area contributed by atoms with Gasteiger partial charge in [-0.1, -0.05) is 0 Å². The summed E-state index contributed by atoms with van der Waals surface area (Å²) in [5, 5.41) is 4.26. The van der Waals surface area contributed by atoms with Gasteiger partial charge in [0.1, 0.15) is 10.0 Å². The molecule has 0 aromatic carbocycles. The first kappa shape index (κ1) is 28.0. The van der Waals surface area contributed by atoms with Gasteiger partial charge in [-0.2, -0.15) is 39.5 Å². The molecule has 25 heavy (non-hydrogen) atoms. The Morgan fingerprint density at radius 1 is 0.920 bits per heavy atom. The minimum absolute atomic E-state index is 0. The van der Waals surface area contributed by atoms with E-state index in [4.69, 9.17) is 0 Å². The van der Waals surface area contributed by atoms with E-state index in [0.717, 1.165) is 14.1 Å². The average Bonchev–Trinajstić information content (AvgIpc) is 2.31. The first-order valence-corrected chi connectivity index (χ1v) is 7.32. The minimum atomic E-state index is -7.32. The van der Waals surface area contributed by atoms with Crippen molar-refractivity contribution in [3.05, 3.63) is 9.93 Å². The van der Waals surface area contributed by atoms with Crippen molar-refractivity contribution in [2.24, 2.45) is 0 Å². The second kappa shape index (κ2) is 8.46. The predicted octanol–water partition coefficient (Wildman–Crippen LogP) is 0.0839. The van der Waals surface area contributed by atoms with Gasteiger partial charge in [0, 0.05) is 0 Å². The molecular weight excluding hydrogens is 426 g/mol. The number of hydroxylamine groups is 3. The number of alkyl halides is 9. The van der Waals surface area contributed by atoms with E-state index in [1.54, 1.807) is 0 Å². The summed E-state index contributed by atoms with van der Waals surface area (Å²) in [7, 11) is -4.61. The summed E-state index contributed by atoms with van der Waals surface area (Å²) in [4.78, 5) is 0. The molecule has 0 spiro atoms. The number of halogens is 9. The Balaban J connectivity index is 0. The van der Waals surface area contributed by atoms with Crippen molar-refractivity contribution in [1.82, 2.24) is 0 Å². The van der Waals surface area contributed by atoms with Crippen molar-refractivity contribution in [2.75, 3.05) is 27.2 Å². The van der Waals surface area contributed by atoms with Gasteiger partial charge in [0.25, 0.3) is 0 Å². The van der Waals surface area contributed by atoms with Gasteiger partial charge in [-0.05, 0) is 6.42 Å². The van der Waals surface area contributed by atoms with Crippen molar-refractivity contribution in [2.45, 2.75) is 29.7 Å². The summed E-state index contributed by atoms with van der Waals surface area (Å²) in [6.07, 6.45) is -7.65. The van der Waals surface area contributed by atoms with Crippen LogP contribution in [-0.4, -0.2) is 63.5 Å². The largest absolute Gasteiger partial charge is 1.00 e. The summed E-state index contributed by atoms with van der Waals surface area (Å²) >= 11 is 0. The molecule has 0 amide bonds. The normalized spacial score (nSPS) is 15.0. The van der Waals surface area contributed by atoms with E-state index in [0.29, 0.717) is 0 Å². The van der Waals surface area contributed by atoms with Crippen LogP contribution < -0.4 is 51.4 Å². The molecule has 0 saturated heterocycles. The van der Waals surface area contributed by atoms with Crippen LogP contribution >= 0.6 is 0 Å². The summed E-state index contributed by atoms with van der Waals surface area (Å²) in [5.74, 6) is -14.6. The molecule has 16 heteroatoms. The summed E-state index contributed by atoms with van der Waals surface area (Å²) in [6.45, 7) is -1.57. The number of hydrogen-bond donors (Lipinski definition) is 0. The summed E-state index contributed by atoms with van der Waals surface area (Å²) in [5.41, 5.74) is 0. The van der Waals surface area contributed by atoms with Crippen molar-refractivity contribution >= 4 is 10.0 Å². The molecule has 0 rings (SSSR count).